The lowest BCUT2D eigenvalue weighted by Gasteiger charge is -2.22. The van der Waals surface area contributed by atoms with Crippen LogP contribution in [0.15, 0.2) is 16.6 Å². The number of nitrogens with zero attached hydrogens (tertiary/aromatic N) is 2. The number of likely N-dealkylation sites (tertiary alicyclic amines) is 1. The molecule has 1 saturated heterocycles. The normalized spacial score (nSPS) is 14.7. The summed E-state index contributed by atoms with van der Waals surface area (Å²) in [5.41, 5.74) is -0.196. The molecule has 1 heterocycles. The fourth-order valence-electron chi connectivity index (χ4n) is 2.20. The van der Waals surface area contributed by atoms with Crippen molar-refractivity contribution in [2.45, 2.75) is 12.8 Å². The van der Waals surface area contributed by atoms with Gasteiger partial charge in [-0.2, -0.15) is 0 Å². The van der Waals surface area contributed by atoms with Crippen LogP contribution in [0.1, 0.15) is 23.2 Å². The first-order valence-corrected chi connectivity index (χ1v) is 7.37. The molecular weight excluding hydrogens is 346 g/mol. The standard InChI is InChI=1S/C14H15BrF2N2O2/c1-18(5-6-19-4-2-3-13(19)20)14(21)9-7-10(15)12(17)8-11(9)16/h7-8H,2-6H2,1H3. The number of hydrogen-bond donors (Lipinski definition) is 0. The average molecular weight is 361 g/mol. The first-order chi connectivity index (χ1) is 9.90. The molecule has 0 radical (unpaired) electrons. The molecule has 0 N–H and O–H groups in total. The Kier molecular flexibility index (Phi) is 4.92. The van der Waals surface area contributed by atoms with E-state index < -0.39 is 17.5 Å². The van der Waals surface area contributed by atoms with Crippen molar-refractivity contribution in [1.82, 2.24) is 9.80 Å². The SMILES string of the molecule is CN(CCN1CCCC1=O)C(=O)c1cc(Br)c(F)cc1F. The van der Waals surface area contributed by atoms with Gasteiger partial charge in [0.1, 0.15) is 11.6 Å². The zero-order chi connectivity index (χ0) is 15.6. The van der Waals surface area contributed by atoms with Crippen LogP contribution in [0.2, 0.25) is 0 Å². The molecular formula is C14H15BrF2N2O2. The van der Waals surface area contributed by atoms with Crippen LogP contribution in [0.5, 0.6) is 0 Å². The lowest BCUT2D eigenvalue weighted by atomic mass is 10.2. The van der Waals surface area contributed by atoms with Crippen LogP contribution in [0, 0.1) is 11.6 Å². The average Bonchev–Trinajstić information content (AvgIpc) is 2.85. The monoisotopic (exact) mass is 360 g/mol. The summed E-state index contributed by atoms with van der Waals surface area (Å²) in [6.07, 6.45) is 1.37. The minimum Gasteiger partial charge on any atom is -0.341 e. The van der Waals surface area contributed by atoms with Gasteiger partial charge in [0, 0.05) is 39.2 Å². The van der Waals surface area contributed by atoms with Crippen molar-refractivity contribution in [2.75, 3.05) is 26.7 Å². The molecule has 1 aliphatic heterocycles. The molecule has 2 rings (SSSR count). The van der Waals surface area contributed by atoms with Crippen LogP contribution >= 0.6 is 15.9 Å². The van der Waals surface area contributed by atoms with Crippen molar-refractivity contribution < 1.29 is 18.4 Å². The van der Waals surface area contributed by atoms with Gasteiger partial charge in [0.15, 0.2) is 0 Å². The van der Waals surface area contributed by atoms with Gasteiger partial charge in [0.05, 0.1) is 10.0 Å². The molecule has 7 heteroatoms. The summed E-state index contributed by atoms with van der Waals surface area (Å²) in [5.74, 6) is -2.12. The molecule has 1 aromatic carbocycles. The third-order valence-corrected chi connectivity index (χ3v) is 4.07. The van der Waals surface area contributed by atoms with E-state index in [2.05, 4.69) is 15.9 Å². The van der Waals surface area contributed by atoms with Gasteiger partial charge in [0.2, 0.25) is 5.91 Å². The third-order valence-electron chi connectivity index (χ3n) is 3.46. The van der Waals surface area contributed by atoms with Gasteiger partial charge in [-0.3, -0.25) is 9.59 Å². The molecule has 1 aromatic rings. The van der Waals surface area contributed by atoms with Gasteiger partial charge in [-0.15, -0.1) is 0 Å². The minimum absolute atomic E-state index is 0.0374. The summed E-state index contributed by atoms with van der Waals surface area (Å²) in [6.45, 7) is 1.42. The van der Waals surface area contributed by atoms with Gasteiger partial charge >= 0.3 is 0 Å². The summed E-state index contributed by atoms with van der Waals surface area (Å²) >= 11 is 2.93. The summed E-state index contributed by atoms with van der Waals surface area (Å²) < 4.78 is 26.9. The number of carbonyl (C=O) groups excluding carboxylic acids is 2. The van der Waals surface area contributed by atoms with Crippen molar-refractivity contribution >= 4 is 27.7 Å². The summed E-state index contributed by atoms with van der Waals surface area (Å²) in [7, 11) is 1.53. The van der Waals surface area contributed by atoms with E-state index in [0.29, 0.717) is 32.1 Å². The first-order valence-electron chi connectivity index (χ1n) is 6.58. The van der Waals surface area contributed by atoms with Crippen LogP contribution in [-0.4, -0.2) is 48.3 Å². The second kappa shape index (κ2) is 6.51. The molecule has 114 valence electrons. The Morgan fingerprint density at radius 1 is 1.38 bits per heavy atom. The summed E-state index contributed by atoms with van der Waals surface area (Å²) in [4.78, 5) is 26.6. The van der Waals surface area contributed by atoms with E-state index in [1.807, 2.05) is 0 Å². The zero-order valence-corrected chi connectivity index (χ0v) is 13.1. The first kappa shape index (κ1) is 15.9. The second-order valence-electron chi connectivity index (χ2n) is 4.96. The third kappa shape index (κ3) is 3.58. The topological polar surface area (TPSA) is 40.6 Å². The number of benzene rings is 1. The van der Waals surface area contributed by atoms with Gasteiger partial charge in [-0.25, -0.2) is 8.78 Å². The molecule has 1 aliphatic rings. The van der Waals surface area contributed by atoms with Crippen LogP contribution in [0.25, 0.3) is 0 Å². The second-order valence-corrected chi connectivity index (χ2v) is 5.81. The summed E-state index contributed by atoms with van der Waals surface area (Å²) in [5, 5.41) is 0. The van der Waals surface area contributed by atoms with E-state index in [1.54, 1.807) is 4.90 Å². The molecule has 0 atom stereocenters. The molecule has 0 aliphatic carbocycles. The fraction of sp³-hybridized carbons (Fsp3) is 0.429. The maximum atomic E-state index is 13.7. The number of likely N-dealkylation sites (N-methyl/N-ethyl adjacent to an activating group) is 1. The van der Waals surface area contributed by atoms with Gasteiger partial charge < -0.3 is 9.80 Å². The predicted octanol–water partition coefficient (Wildman–Crippen LogP) is 2.42. The van der Waals surface area contributed by atoms with Crippen LogP contribution < -0.4 is 0 Å². The maximum absolute atomic E-state index is 13.7. The Balaban J connectivity index is 2.02. The quantitative estimate of drug-likeness (QED) is 0.773. The fourth-order valence-corrected chi connectivity index (χ4v) is 2.55. The Labute approximate surface area is 129 Å². The zero-order valence-electron chi connectivity index (χ0n) is 11.5. The highest BCUT2D eigenvalue weighted by Gasteiger charge is 2.22. The highest BCUT2D eigenvalue weighted by atomic mass is 79.9. The lowest BCUT2D eigenvalue weighted by molar-refractivity contribution is -0.127. The van der Waals surface area contributed by atoms with Crippen molar-refractivity contribution in [3.8, 4) is 0 Å². The molecule has 0 unspecified atom stereocenters. The Bertz CT molecular complexity index is 580. The van der Waals surface area contributed by atoms with Gasteiger partial charge in [-0.05, 0) is 28.4 Å². The number of amides is 2. The number of hydrogen-bond acceptors (Lipinski definition) is 2. The molecule has 21 heavy (non-hydrogen) atoms. The molecule has 1 fully saturated rings. The van der Waals surface area contributed by atoms with Gasteiger partial charge in [0.25, 0.3) is 5.91 Å². The summed E-state index contributed by atoms with van der Waals surface area (Å²) in [6, 6.07) is 1.81. The van der Waals surface area contributed by atoms with E-state index in [0.717, 1.165) is 12.5 Å². The Morgan fingerprint density at radius 2 is 2.10 bits per heavy atom. The van der Waals surface area contributed by atoms with E-state index in [-0.39, 0.29) is 15.9 Å². The molecule has 0 aromatic heterocycles. The molecule has 4 nitrogen and oxygen atoms in total. The van der Waals surface area contributed by atoms with Crippen molar-refractivity contribution in [3.63, 3.8) is 0 Å². The number of carbonyl (C=O) groups is 2. The molecule has 0 spiro atoms. The maximum Gasteiger partial charge on any atom is 0.256 e. The molecule has 2 amide bonds. The van der Waals surface area contributed by atoms with E-state index >= 15 is 0 Å². The van der Waals surface area contributed by atoms with Crippen molar-refractivity contribution in [1.29, 1.82) is 0 Å². The van der Waals surface area contributed by atoms with Crippen LogP contribution in [0.4, 0.5) is 8.78 Å². The van der Waals surface area contributed by atoms with Crippen molar-refractivity contribution in [2.24, 2.45) is 0 Å². The van der Waals surface area contributed by atoms with E-state index in [9.17, 15) is 18.4 Å². The van der Waals surface area contributed by atoms with E-state index in [1.165, 1.54) is 11.9 Å². The Hall–Kier alpha value is -1.50. The number of rotatable bonds is 4. The van der Waals surface area contributed by atoms with Gasteiger partial charge in [-0.1, -0.05) is 0 Å². The highest BCUT2D eigenvalue weighted by molar-refractivity contribution is 9.10. The smallest absolute Gasteiger partial charge is 0.256 e. The predicted molar refractivity (Wildman–Crippen MR) is 76.8 cm³/mol. The molecule has 0 bridgehead atoms. The number of halogens is 3. The van der Waals surface area contributed by atoms with E-state index in [4.69, 9.17) is 0 Å². The largest absolute Gasteiger partial charge is 0.341 e. The van der Waals surface area contributed by atoms with Crippen LogP contribution in [0.3, 0.4) is 0 Å². The molecule has 0 saturated carbocycles. The minimum atomic E-state index is -0.898. The van der Waals surface area contributed by atoms with Crippen LogP contribution in [-0.2, 0) is 4.79 Å². The Morgan fingerprint density at radius 3 is 2.71 bits per heavy atom. The lowest BCUT2D eigenvalue weighted by Crippen LogP contribution is -2.37. The highest BCUT2D eigenvalue weighted by Crippen LogP contribution is 2.21. The van der Waals surface area contributed by atoms with Crippen molar-refractivity contribution in [3.05, 3.63) is 33.8 Å².